The zero-order valence-corrected chi connectivity index (χ0v) is 16.3. The Morgan fingerprint density at radius 3 is 2.61 bits per heavy atom. The van der Waals surface area contributed by atoms with Crippen LogP contribution in [0.15, 0.2) is 22.7 Å². The highest BCUT2D eigenvalue weighted by Gasteiger charge is 2.10. The van der Waals surface area contributed by atoms with Gasteiger partial charge in [0.05, 0.1) is 26.4 Å². The van der Waals surface area contributed by atoms with E-state index in [9.17, 15) is 0 Å². The SMILES string of the molecule is CC(C)c1cc(Br)ccc1OCCOCCN1CCOCC1.Cl. The average Bonchev–Trinajstić information content (AvgIpc) is 2.52. The molecule has 0 bridgehead atoms. The van der Waals surface area contributed by atoms with Crippen LogP contribution in [-0.4, -0.2) is 57.6 Å². The van der Waals surface area contributed by atoms with E-state index in [0.29, 0.717) is 19.1 Å². The molecular formula is C17H27BrClNO3. The summed E-state index contributed by atoms with van der Waals surface area (Å²) in [5, 5.41) is 0. The molecule has 2 rings (SSSR count). The molecule has 1 aromatic rings. The molecule has 0 atom stereocenters. The molecule has 1 fully saturated rings. The minimum atomic E-state index is 0. The van der Waals surface area contributed by atoms with Crippen molar-refractivity contribution < 1.29 is 14.2 Å². The van der Waals surface area contributed by atoms with Crippen LogP contribution in [0, 0.1) is 0 Å². The first-order valence-corrected chi connectivity index (χ1v) is 8.76. The molecule has 0 aromatic heterocycles. The van der Waals surface area contributed by atoms with Gasteiger partial charge in [-0.1, -0.05) is 29.8 Å². The van der Waals surface area contributed by atoms with E-state index < -0.39 is 0 Å². The van der Waals surface area contributed by atoms with Gasteiger partial charge in [0.1, 0.15) is 12.4 Å². The van der Waals surface area contributed by atoms with E-state index in [0.717, 1.165) is 49.7 Å². The van der Waals surface area contributed by atoms with E-state index in [1.807, 2.05) is 12.1 Å². The van der Waals surface area contributed by atoms with E-state index in [2.05, 4.69) is 40.7 Å². The van der Waals surface area contributed by atoms with E-state index in [4.69, 9.17) is 14.2 Å². The van der Waals surface area contributed by atoms with Crippen molar-refractivity contribution in [1.29, 1.82) is 0 Å². The molecule has 4 nitrogen and oxygen atoms in total. The summed E-state index contributed by atoms with van der Waals surface area (Å²) in [5.41, 5.74) is 1.22. The zero-order chi connectivity index (χ0) is 15.8. The van der Waals surface area contributed by atoms with Crippen molar-refractivity contribution in [2.75, 3.05) is 52.7 Å². The van der Waals surface area contributed by atoms with Gasteiger partial charge in [-0.05, 0) is 29.7 Å². The number of nitrogens with zero attached hydrogens (tertiary/aromatic N) is 1. The van der Waals surface area contributed by atoms with Crippen LogP contribution >= 0.6 is 28.3 Å². The topological polar surface area (TPSA) is 30.9 Å². The normalized spacial score (nSPS) is 15.5. The number of rotatable bonds is 8. The first kappa shape index (κ1) is 20.7. The molecule has 132 valence electrons. The average molecular weight is 409 g/mol. The molecule has 1 aliphatic heterocycles. The number of morpholine rings is 1. The molecule has 1 aliphatic rings. The lowest BCUT2D eigenvalue weighted by Crippen LogP contribution is -2.38. The summed E-state index contributed by atoms with van der Waals surface area (Å²) in [5.74, 6) is 1.39. The molecule has 6 heteroatoms. The standard InChI is InChI=1S/C17H26BrNO3.ClH/c1-14(2)16-13-15(18)3-4-17(16)22-12-11-21-10-7-19-5-8-20-9-6-19;/h3-4,13-14H,5-12H2,1-2H3;1H. The minimum absolute atomic E-state index is 0. The Balaban J connectivity index is 0.00000264. The van der Waals surface area contributed by atoms with Gasteiger partial charge in [0.15, 0.2) is 0 Å². The van der Waals surface area contributed by atoms with Gasteiger partial charge in [0, 0.05) is 24.1 Å². The third-order valence-electron chi connectivity index (χ3n) is 3.73. The lowest BCUT2D eigenvalue weighted by molar-refractivity contribution is 0.0170. The van der Waals surface area contributed by atoms with Crippen molar-refractivity contribution in [2.24, 2.45) is 0 Å². The fourth-order valence-corrected chi connectivity index (χ4v) is 2.81. The number of hydrogen-bond donors (Lipinski definition) is 0. The number of halogens is 2. The molecule has 0 unspecified atom stereocenters. The van der Waals surface area contributed by atoms with Gasteiger partial charge in [-0.15, -0.1) is 12.4 Å². The van der Waals surface area contributed by atoms with Crippen molar-refractivity contribution >= 4 is 28.3 Å². The Bertz CT molecular complexity index is 453. The fourth-order valence-electron chi connectivity index (χ4n) is 2.43. The van der Waals surface area contributed by atoms with Gasteiger partial charge in [0.2, 0.25) is 0 Å². The first-order valence-electron chi connectivity index (χ1n) is 7.97. The summed E-state index contributed by atoms with van der Waals surface area (Å²) < 4.78 is 17.9. The second-order valence-electron chi connectivity index (χ2n) is 5.75. The van der Waals surface area contributed by atoms with Crippen molar-refractivity contribution in [3.8, 4) is 5.75 Å². The predicted octanol–water partition coefficient (Wildman–Crippen LogP) is 3.72. The van der Waals surface area contributed by atoms with Gasteiger partial charge >= 0.3 is 0 Å². The zero-order valence-electron chi connectivity index (χ0n) is 13.9. The van der Waals surface area contributed by atoms with Gasteiger partial charge in [-0.25, -0.2) is 0 Å². The van der Waals surface area contributed by atoms with Crippen molar-refractivity contribution in [3.05, 3.63) is 28.2 Å². The van der Waals surface area contributed by atoms with Crippen LogP contribution in [0.25, 0.3) is 0 Å². The third-order valence-corrected chi connectivity index (χ3v) is 4.23. The Morgan fingerprint density at radius 1 is 1.17 bits per heavy atom. The summed E-state index contributed by atoms with van der Waals surface area (Å²) in [7, 11) is 0. The molecule has 0 radical (unpaired) electrons. The molecule has 0 spiro atoms. The second-order valence-corrected chi connectivity index (χ2v) is 6.67. The van der Waals surface area contributed by atoms with Crippen LogP contribution in [-0.2, 0) is 9.47 Å². The second kappa shape index (κ2) is 11.3. The first-order chi connectivity index (χ1) is 10.7. The summed E-state index contributed by atoms with van der Waals surface area (Å²) in [4.78, 5) is 2.37. The van der Waals surface area contributed by atoms with E-state index >= 15 is 0 Å². The van der Waals surface area contributed by atoms with Gasteiger partial charge in [0.25, 0.3) is 0 Å². The Kier molecular flexibility index (Phi) is 10.1. The maximum absolute atomic E-state index is 5.87. The van der Waals surface area contributed by atoms with E-state index in [1.165, 1.54) is 5.56 Å². The molecule has 0 aliphatic carbocycles. The highest BCUT2D eigenvalue weighted by atomic mass is 79.9. The van der Waals surface area contributed by atoms with Crippen LogP contribution in [0.2, 0.25) is 0 Å². The molecule has 1 heterocycles. The van der Waals surface area contributed by atoms with Crippen molar-refractivity contribution in [2.45, 2.75) is 19.8 Å². The quantitative estimate of drug-likeness (QED) is 0.613. The van der Waals surface area contributed by atoms with Crippen LogP contribution in [0.3, 0.4) is 0 Å². The Morgan fingerprint density at radius 2 is 1.91 bits per heavy atom. The summed E-state index contributed by atoms with van der Waals surface area (Å²) in [6.07, 6.45) is 0. The molecule has 23 heavy (non-hydrogen) atoms. The summed E-state index contributed by atoms with van der Waals surface area (Å²) >= 11 is 3.51. The lowest BCUT2D eigenvalue weighted by Gasteiger charge is -2.26. The highest BCUT2D eigenvalue weighted by Crippen LogP contribution is 2.29. The van der Waals surface area contributed by atoms with Crippen LogP contribution in [0.4, 0.5) is 0 Å². The number of ether oxygens (including phenoxy) is 3. The van der Waals surface area contributed by atoms with Crippen molar-refractivity contribution in [1.82, 2.24) is 4.90 Å². The van der Waals surface area contributed by atoms with E-state index in [-0.39, 0.29) is 12.4 Å². The molecule has 0 N–H and O–H groups in total. The molecule has 0 saturated carbocycles. The molecule has 1 saturated heterocycles. The molecule has 0 amide bonds. The van der Waals surface area contributed by atoms with Gasteiger partial charge < -0.3 is 14.2 Å². The smallest absolute Gasteiger partial charge is 0.122 e. The number of hydrogen-bond acceptors (Lipinski definition) is 4. The minimum Gasteiger partial charge on any atom is -0.491 e. The predicted molar refractivity (Wildman–Crippen MR) is 99.1 cm³/mol. The number of benzene rings is 1. The van der Waals surface area contributed by atoms with Gasteiger partial charge in [-0.2, -0.15) is 0 Å². The monoisotopic (exact) mass is 407 g/mol. The Labute approximate surface area is 154 Å². The van der Waals surface area contributed by atoms with Gasteiger partial charge in [-0.3, -0.25) is 4.90 Å². The maximum atomic E-state index is 5.87. The highest BCUT2D eigenvalue weighted by molar-refractivity contribution is 9.10. The largest absolute Gasteiger partial charge is 0.491 e. The summed E-state index contributed by atoms with van der Waals surface area (Å²) in [6.45, 7) is 11.0. The van der Waals surface area contributed by atoms with Crippen LogP contribution in [0.1, 0.15) is 25.3 Å². The summed E-state index contributed by atoms with van der Waals surface area (Å²) in [6, 6.07) is 6.16. The van der Waals surface area contributed by atoms with Crippen LogP contribution < -0.4 is 4.74 Å². The molecular weight excluding hydrogens is 382 g/mol. The third kappa shape index (κ3) is 7.40. The Hall–Kier alpha value is -0.330. The molecule has 1 aromatic carbocycles. The fraction of sp³-hybridized carbons (Fsp3) is 0.647. The van der Waals surface area contributed by atoms with Crippen LogP contribution in [0.5, 0.6) is 5.75 Å². The lowest BCUT2D eigenvalue weighted by atomic mass is 10.0. The van der Waals surface area contributed by atoms with Crippen molar-refractivity contribution in [3.63, 3.8) is 0 Å². The van der Waals surface area contributed by atoms with E-state index in [1.54, 1.807) is 0 Å². The maximum Gasteiger partial charge on any atom is 0.122 e.